The van der Waals surface area contributed by atoms with E-state index in [-0.39, 0.29) is 5.56 Å². The lowest BCUT2D eigenvalue weighted by atomic mass is 10.0. The summed E-state index contributed by atoms with van der Waals surface area (Å²) in [4.78, 5) is 0. The molecule has 6 heteroatoms. The van der Waals surface area contributed by atoms with Gasteiger partial charge in [0.2, 0.25) is 10.9 Å². The van der Waals surface area contributed by atoms with Crippen LogP contribution in [0, 0.1) is 11.6 Å². The van der Waals surface area contributed by atoms with Gasteiger partial charge in [-0.05, 0) is 31.0 Å². The first-order valence-electron chi connectivity index (χ1n) is 4.95. The zero-order chi connectivity index (χ0) is 11.7. The average molecular weight is 247 g/mol. The highest BCUT2D eigenvalue weighted by atomic mass is 32.2. The van der Waals surface area contributed by atoms with Gasteiger partial charge >= 0.3 is 0 Å². The fraction of sp³-hybridized carbons (Fsp3) is 0.400. The van der Waals surface area contributed by atoms with Gasteiger partial charge < -0.3 is 0 Å². The van der Waals surface area contributed by atoms with E-state index in [1.54, 1.807) is 0 Å². The summed E-state index contributed by atoms with van der Waals surface area (Å²) in [7, 11) is -2.74. The van der Waals surface area contributed by atoms with Gasteiger partial charge in [-0.25, -0.2) is 17.2 Å². The lowest BCUT2D eigenvalue weighted by Crippen LogP contribution is -2.22. The van der Waals surface area contributed by atoms with E-state index in [1.165, 1.54) is 4.31 Å². The smallest absolute Gasteiger partial charge is 0.204 e. The van der Waals surface area contributed by atoms with Crippen LogP contribution in [0.5, 0.6) is 0 Å². The fourth-order valence-electron chi connectivity index (χ4n) is 2.03. The number of benzene rings is 1. The Labute approximate surface area is 93.8 Å². The van der Waals surface area contributed by atoms with Crippen molar-refractivity contribution in [1.29, 1.82) is 0 Å². The van der Waals surface area contributed by atoms with Crippen LogP contribution >= 0.6 is 0 Å². The first-order chi connectivity index (χ1) is 7.59. The molecule has 88 valence electrons. The normalized spacial score (nSPS) is 21.8. The number of nitrogens with zero attached hydrogens (tertiary/aromatic N) is 1. The molecule has 2 rings (SSSR count). The van der Waals surface area contributed by atoms with E-state index in [0.717, 1.165) is 18.2 Å². The Morgan fingerprint density at radius 1 is 1.31 bits per heavy atom. The Morgan fingerprint density at radius 3 is 2.75 bits per heavy atom. The second-order valence-corrected chi connectivity index (χ2v) is 4.71. The van der Waals surface area contributed by atoms with E-state index in [1.807, 2.05) is 0 Å². The highest BCUT2D eigenvalue weighted by Crippen LogP contribution is 2.33. The molecule has 1 fully saturated rings. The van der Waals surface area contributed by atoms with Gasteiger partial charge in [0.25, 0.3) is 0 Å². The molecule has 0 spiro atoms. The Kier molecular flexibility index (Phi) is 3.20. The summed E-state index contributed by atoms with van der Waals surface area (Å²) in [5, 5.41) is 0. The molecule has 0 radical (unpaired) electrons. The summed E-state index contributed by atoms with van der Waals surface area (Å²) in [5.41, 5.74) is 0.122. The van der Waals surface area contributed by atoms with Crippen LogP contribution in [0.1, 0.15) is 24.4 Å². The van der Waals surface area contributed by atoms with Crippen molar-refractivity contribution in [3.63, 3.8) is 0 Å². The third-order valence-corrected chi connectivity index (χ3v) is 3.65. The van der Waals surface area contributed by atoms with Crippen molar-refractivity contribution in [3.05, 3.63) is 35.4 Å². The minimum atomic E-state index is -2.74. The first-order valence-corrected chi connectivity index (χ1v) is 6.08. The molecule has 1 saturated heterocycles. The SMILES string of the molecule is O=[SH](=O)N1CCC[C@@H]1c1cc(F)ccc1F. The number of hydrogen-bond acceptors (Lipinski definition) is 2. The maximum Gasteiger partial charge on any atom is 0.204 e. The summed E-state index contributed by atoms with van der Waals surface area (Å²) in [5.74, 6) is -1.11. The molecule has 1 aromatic rings. The summed E-state index contributed by atoms with van der Waals surface area (Å²) in [6, 6.07) is 2.56. The maximum absolute atomic E-state index is 13.5. The molecule has 0 unspecified atom stereocenters. The summed E-state index contributed by atoms with van der Waals surface area (Å²) < 4.78 is 49.5. The van der Waals surface area contributed by atoms with E-state index in [4.69, 9.17) is 0 Å². The first kappa shape index (κ1) is 11.5. The third-order valence-electron chi connectivity index (χ3n) is 2.75. The van der Waals surface area contributed by atoms with Gasteiger partial charge in [-0.15, -0.1) is 0 Å². The Morgan fingerprint density at radius 2 is 2.06 bits per heavy atom. The second kappa shape index (κ2) is 4.47. The van der Waals surface area contributed by atoms with E-state index in [9.17, 15) is 17.2 Å². The van der Waals surface area contributed by atoms with E-state index in [2.05, 4.69) is 0 Å². The number of thiol groups is 1. The van der Waals surface area contributed by atoms with Crippen molar-refractivity contribution in [2.45, 2.75) is 18.9 Å². The van der Waals surface area contributed by atoms with Crippen molar-refractivity contribution in [2.75, 3.05) is 6.54 Å². The quantitative estimate of drug-likeness (QED) is 0.806. The molecule has 3 nitrogen and oxygen atoms in total. The van der Waals surface area contributed by atoms with Gasteiger partial charge in [0.15, 0.2) is 0 Å². The van der Waals surface area contributed by atoms with Crippen LogP contribution in [0.2, 0.25) is 0 Å². The van der Waals surface area contributed by atoms with Gasteiger partial charge in [0, 0.05) is 12.1 Å². The van der Waals surface area contributed by atoms with Crippen molar-refractivity contribution >= 4 is 10.9 Å². The lowest BCUT2D eigenvalue weighted by Gasteiger charge is -2.18. The van der Waals surface area contributed by atoms with Gasteiger partial charge in [0.1, 0.15) is 11.6 Å². The maximum atomic E-state index is 13.5. The third kappa shape index (κ3) is 2.08. The van der Waals surface area contributed by atoms with Crippen LogP contribution in [0.15, 0.2) is 18.2 Å². The van der Waals surface area contributed by atoms with Crippen LogP contribution in [-0.2, 0) is 10.9 Å². The van der Waals surface area contributed by atoms with Gasteiger partial charge in [-0.1, -0.05) is 0 Å². The molecule has 0 bridgehead atoms. The predicted octanol–water partition coefficient (Wildman–Crippen LogP) is 1.63. The van der Waals surface area contributed by atoms with E-state index >= 15 is 0 Å². The van der Waals surface area contributed by atoms with Gasteiger partial charge in [-0.3, -0.25) is 0 Å². The monoisotopic (exact) mass is 247 g/mol. The molecule has 0 saturated carbocycles. The second-order valence-electron chi connectivity index (χ2n) is 3.72. The molecular formula is C10H11F2NO2S. The molecule has 1 aromatic carbocycles. The number of hydrogen-bond donors (Lipinski definition) is 1. The van der Waals surface area contributed by atoms with Crippen LogP contribution in [-0.4, -0.2) is 19.3 Å². The standard InChI is InChI=1S/C10H11F2NO2S/c11-7-3-4-9(12)8(6-7)10-2-1-5-13(10)16(14)15/h3-4,6,10,16H,1-2,5H2/t10-/m1/s1. The molecule has 0 aliphatic carbocycles. The zero-order valence-corrected chi connectivity index (χ0v) is 9.29. The molecule has 1 aliphatic heterocycles. The minimum Gasteiger partial charge on any atom is -0.215 e. The molecule has 1 heterocycles. The number of rotatable bonds is 2. The molecule has 1 atom stereocenters. The zero-order valence-electron chi connectivity index (χ0n) is 8.40. The highest BCUT2D eigenvalue weighted by Gasteiger charge is 2.30. The van der Waals surface area contributed by atoms with Crippen LogP contribution in [0.25, 0.3) is 0 Å². The van der Waals surface area contributed by atoms with E-state index < -0.39 is 28.6 Å². The summed E-state index contributed by atoms with van der Waals surface area (Å²) in [6.45, 7) is 0.374. The molecule has 0 amide bonds. The molecule has 1 aliphatic rings. The highest BCUT2D eigenvalue weighted by molar-refractivity contribution is 7.69. The molecule has 0 aromatic heterocycles. The Hall–Kier alpha value is -1.01. The summed E-state index contributed by atoms with van der Waals surface area (Å²) >= 11 is 0. The topological polar surface area (TPSA) is 37.4 Å². The van der Waals surface area contributed by atoms with Gasteiger partial charge in [-0.2, -0.15) is 4.31 Å². The fourth-order valence-corrected chi connectivity index (χ4v) is 2.81. The van der Waals surface area contributed by atoms with Gasteiger partial charge in [0.05, 0.1) is 6.04 Å². The molecule has 0 N–H and O–H groups in total. The minimum absolute atomic E-state index is 0.122. The van der Waals surface area contributed by atoms with Crippen LogP contribution < -0.4 is 0 Å². The summed E-state index contributed by atoms with van der Waals surface area (Å²) in [6.07, 6.45) is 1.20. The largest absolute Gasteiger partial charge is 0.215 e. The Balaban J connectivity index is 2.39. The molecular weight excluding hydrogens is 236 g/mol. The van der Waals surface area contributed by atoms with E-state index in [0.29, 0.717) is 19.4 Å². The van der Waals surface area contributed by atoms with Crippen molar-refractivity contribution in [3.8, 4) is 0 Å². The number of halogens is 2. The predicted molar refractivity (Wildman–Crippen MR) is 55.4 cm³/mol. The Bertz CT molecular complexity index is 468. The van der Waals surface area contributed by atoms with Crippen molar-refractivity contribution in [2.24, 2.45) is 0 Å². The van der Waals surface area contributed by atoms with Crippen LogP contribution in [0.3, 0.4) is 0 Å². The van der Waals surface area contributed by atoms with Crippen LogP contribution in [0.4, 0.5) is 8.78 Å². The van der Waals surface area contributed by atoms with Crippen molar-refractivity contribution in [1.82, 2.24) is 4.31 Å². The average Bonchev–Trinajstić information content (AvgIpc) is 2.70. The van der Waals surface area contributed by atoms with Crippen molar-refractivity contribution < 1.29 is 17.2 Å². The molecule has 16 heavy (non-hydrogen) atoms. The lowest BCUT2D eigenvalue weighted by molar-refractivity contribution is 0.397.